The van der Waals surface area contributed by atoms with Gasteiger partial charge in [0, 0.05) is 18.8 Å². The number of nitrogens with zero attached hydrogens (tertiary/aromatic N) is 1. The monoisotopic (exact) mass is 432 g/mol. The van der Waals surface area contributed by atoms with Crippen LogP contribution in [0.5, 0.6) is 17.2 Å². The number of hydrogen-bond donors (Lipinski definition) is 1. The van der Waals surface area contributed by atoms with Crippen LogP contribution >= 0.6 is 11.8 Å². The number of carbonyl (C=O) groups excluding carboxylic acids is 2. The summed E-state index contributed by atoms with van der Waals surface area (Å²) in [5.74, 6) is 1.86. The molecule has 0 fully saturated rings. The number of nitrogens with one attached hydrogen (secondary N) is 1. The fourth-order valence-electron chi connectivity index (χ4n) is 2.79. The first kappa shape index (κ1) is 23.4. The molecule has 30 heavy (non-hydrogen) atoms. The lowest BCUT2D eigenvalue weighted by Gasteiger charge is -2.25. The molecule has 2 amide bonds. The smallest absolute Gasteiger partial charge is 0.258 e. The SMILES string of the molecule is COc1ccc(N(C)C(=O)C(CCSC)NC(=O)COc2ccccc2)cc1OC. The van der Waals surface area contributed by atoms with Gasteiger partial charge in [-0.1, -0.05) is 18.2 Å². The summed E-state index contributed by atoms with van der Waals surface area (Å²) >= 11 is 1.61. The van der Waals surface area contributed by atoms with Gasteiger partial charge in [-0.15, -0.1) is 0 Å². The van der Waals surface area contributed by atoms with E-state index in [0.29, 0.717) is 29.4 Å². The van der Waals surface area contributed by atoms with E-state index in [-0.39, 0.29) is 18.4 Å². The Morgan fingerprint density at radius 3 is 2.40 bits per heavy atom. The predicted molar refractivity (Wildman–Crippen MR) is 120 cm³/mol. The van der Waals surface area contributed by atoms with Gasteiger partial charge in [0.2, 0.25) is 5.91 Å². The van der Waals surface area contributed by atoms with E-state index in [2.05, 4.69) is 5.32 Å². The Labute approximate surface area is 181 Å². The molecule has 0 aliphatic heterocycles. The van der Waals surface area contributed by atoms with Crippen LogP contribution in [0, 0.1) is 0 Å². The Kier molecular flexibility index (Phi) is 9.34. The number of ether oxygens (including phenoxy) is 3. The van der Waals surface area contributed by atoms with Crippen molar-refractivity contribution in [1.29, 1.82) is 0 Å². The number of amides is 2. The summed E-state index contributed by atoms with van der Waals surface area (Å²) in [6.45, 7) is -0.160. The van der Waals surface area contributed by atoms with E-state index in [1.807, 2.05) is 24.5 Å². The van der Waals surface area contributed by atoms with Crippen molar-refractivity contribution in [2.45, 2.75) is 12.5 Å². The Morgan fingerprint density at radius 1 is 1.07 bits per heavy atom. The van der Waals surface area contributed by atoms with Gasteiger partial charge < -0.3 is 24.4 Å². The topological polar surface area (TPSA) is 77.1 Å². The number of methoxy groups -OCH3 is 2. The summed E-state index contributed by atoms with van der Waals surface area (Å²) < 4.78 is 16.0. The van der Waals surface area contributed by atoms with Crippen molar-refractivity contribution in [3.63, 3.8) is 0 Å². The first-order valence-corrected chi connectivity index (χ1v) is 10.8. The molecule has 162 valence electrons. The molecule has 0 bridgehead atoms. The molecule has 1 unspecified atom stereocenters. The van der Waals surface area contributed by atoms with Crippen LogP contribution in [-0.4, -0.2) is 57.7 Å². The van der Waals surface area contributed by atoms with Crippen molar-refractivity contribution in [3.8, 4) is 17.2 Å². The standard InChI is InChI=1S/C22H28N2O5S/c1-24(16-10-11-19(27-2)20(14-16)28-3)22(26)18(12-13-30-4)23-21(25)15-29-17-8-6-5-7-9-17/h5-11,14,18H,12-13,15H2,1-4H3,(H,23,25). The van der Waals surface area contributed by atoms with E-state index in [1.165, 1.54) is 12.0 Å². The summed E-state index contributed by atoms with van der Waals surface area (Å²) in [5.41, 5.74) is 0.640. The highest BCUT2D eigenvalue weighted by Crippen LogP contribution is 2.31. The Bertz CT molecular complexity index is 832. The van der Waals surface area contributed by atoms with E-state index < -0.39 is 6.04 Å². The van der Waals surface area contributed by atoms with E-state index in [0.717, 1.165) is 5.75 Å². The number of rotatable bonds is 11. The van der Waals surface area contributed by atoms with Crippen molar-refractivity contribution >= 4 is 29.3 Å². The molecule has 0 aromatic heterocycles. The molecular weight excluding hydrogens is 404 g/mol. The van der Waals surface area contributed by atoms with Gasteiger partial charge in [0.05, 0.1) is 14.2 Å². The number of likely N-dealkylation sites (N-methyl/N-ethyl adjacent to an activating group) is 1. The van der Waals surface area contributed by atoms with Gasteiger partial charge in [0.15, 0.2) is 18.1 Å². The van der Waals surface area contributed by atoms with E-state index in [4.69, 9.17) is 14.2 Å². The van der Waals surface area contributed by atoms with Gasteiger partial charge in [-0.3, -0.25) is 9.59 Å². The molecule has 0 radical (unpaired) electrons. The van der Waals surface area contributed by atoms with Crippen LogP contribution in [0.2, 0.25) is 0 Å². The summed E-state index contributed by atoms with van der Waals surface area (Å²) in [6.07, 6.45) is 2.47. The highest BCUT2D eigenvalue weighted by molar-refractivity contribution is 7.98. The first-order chi connectivity index (χ1) is 14.5. The van der Waals surface area contributed by atoms with Crippen molar-refractivity contribution in [2.24, 2.45) is 0 Å². The van der Waals surface area contributed by atoms with Gasteiger partial charge in [-0.25, -0.2) is 0 Å². The average molecular weight is 433 g/mol. The molecule has 0 spiro atoms. The van der Waals surface area contributed by atoms with Crippen LogP contribution in [0.4, 0.5) is 5.69 Å². The van der Waals surface area contributed by atoms with Crippen LogP contribution in [0.25, 0.3) is 0 Å². The molecule has 0 heterocycles. The van der Waals surface area contributed by atoms with Gasteiger partial charge in [-0.2, -0.15) is 11.8 Å². The molecule has 8 heteroatoms. The largest absolute Gasteiger partial charge is 0.493 e. The number of benzene rings is 2. The van der Waals surface area contributed by atoms with E-state index >= 15 is 0 Å². The zero-order valence-electron chi connectivity index (χ0n) is 17.7. The molecule has 0 saturated carbocycles. The van der Waals surface area contributed by atoms with Crippen LogP contribution in [0.3, 0.4) is 0 Å². The molecule has 0 aliphatic carbocycles. The maximum absolute atomic E-state index is 13.1. The lowest BCUT2D eigenvalue weighted by atomic mass is 10.1. The van der Waals surface area contributed by atoms with Gasteiger partial charge in [0.1, 0.15) is 11.8 Å². The highest BCUT2D eigenvalue weighted by atomic mass is 32.2. The quantitative estimate of drug-likeness (QED) is 0.588. The van der Waals surface area contributed by atoms with E-state index in [1.54, 1.807) is 56.3 Å². The van der Waals surface area contributed by atoms with E-state index in [9.17, 15) is 9.59 Å². The number of thioether (sulfide) groups is 1. The molecular formula is C22H28N2O5S. The fraction of sp³-hybridized carbons (Fsp3) is 0.364. The molecule has 2 aromatic carbocycles. The van der Waals surface area contributed by atoms with Gasteiger partial charge >= 0.3 is 0 Å². The number of para-hydroxylation sites is 1. The third-order valence-corrected chi connectivity index (χ3v) is 5.09. The van der Waals surface area contributed by atoms with Gasteiger partial charge in [-0.05, 0) is 42.7 Å². The lowest BCUT2D eigenvalue weighted by molar-refractivity contribution is -0.128. The first-order valence-electron chi connectivity index (χ1n) is 9.46. The zero-order valence-corrected chi connectivity index (χ0v) is 18.5. The predicted octanol–water partition coefficient (Wildman–Crippen LogP) is 2.98. The molecule has 7 nitrogen and oxygen atoms in total. The van der Waals surface area contributed by atoms with Gasteiger partial charge in [0.25, 0.3) is 5.91 Å². The Morgan fingerprint density at radius 2 is 1.77 bits per heavy atom. The maximum Gasteiger partial charge on any atom is 0.258 e. The van der Waals surface area contributed by atoms with Crippen molar-refractivity contribution in [1.82, 2.24) is 5.32 Å². The third-order valence-electron chi connectivity index (χ3n) is 4.44. The highest BCUT2D eigenvalue weighted by Gasteiger charge is 2.25. The molecule has 2 rings (SSSR count). The summed E-state index contributed by atoms with van der Waals surface area (Å²) in [7, 11) is 4.76. The minimum Gasteiger partial charge on any atom is -0.493 e. The van der Waals surface area contributed by atoms with Crippen molar-refractivity contribution in [3.05, 3.63) is 48.5 Å². The van der Waals surface area contributed by atoms with Crippen LogP contribution < -0.4 is 24.4 Å². The van der Waals surface area contributed by atoms with Crippen LogP contribution in [0.15, 0.2) is 48.5 Å². The molecule has 0 saturated heterocycles. The number of anilines is 1. The van der Waals surface area contributed by atoms with Crippen molar-refractivity contribution < 1.29 is 23.8 Å². The van der Waals surface area contributed by atoms with Crippen LogP contribution in [-0.2, 0) is 9.59 Å². The second-order valence-electron chi connectivity index (χ2n) is 6.44. The number of carbonyl (C=O) groups is 2. The summed E-state index contributed by atoms with van der Waals surface area (Å²) in [5, 5.41) is 2.80. The lowest BCUT2D eigenvalue weighted by Crippen LogP contribution is -2.49. The minimum atomic E-state index is -0.664. The zero-order chi connectivity index (χ0) is 21.9. The average Bonchev–Trinajstić information content (AvgIpc) is 2.79. The molecule has 0 aliphatic rings. The molecule has 1 atom stereocenters. The normalized spacial score (nSPS) is 11.3. The van der Waals surface area contributed by atoms with Crippen LogP contribution in [0.1, 0.15) is 6.42 Å². The Hall–Kier alpha value is -2.87. The number of hydrogen-bond acceptors (Lipinski definition) is 6. The molecule has 1 N–H and O–H groups in total. The Balaban J connectivity index is 2.07. The second-order valence-corrected chi connectivity index (χ2v) is 7.43. The fourth-order valence-corrected chi connectivity index (χ4v) is 3.26. The van der Waals surface area contributed by atoms with Crippen molar-refractivity contribution in [2.75, 3.05) is 44.8 Å². The second kappa shape index (κ2) is 12.0. The maximum atomic E-state index is 13.1. The minimum absolute atomic E-state index is 0.160. The third kappa shape index (κ3) is 6.59. The summed E-state index contributed by atoms with van der Waals surface area (Å²) in [4.78, 5) is 27.0. The summed E-state index contributed by atoms with van der Waals surface area (Å²) in [6, 6.07) is 13.6. The molecule has 2 aromatic rings.